The van der Waals surface area contributed by atoms with Gasteiger partial charge in [0.2, 0.25) is 0 Å². The van der Waals surface area contributed by atoms with Crippen molar-refractivity contribution in [1.82, 2.24) is 4.90 Å². The van der Waals surface area contributed by atoms with E-state index in [1.807, 2.05) is 31.2 Å². The molecule has 0 unspecified atom stereocenters. The summed E-state index contributed by atoms with van der Waals surface area (Å²) in [5, 5.41) is 9.68. The van der Waals surface area contributed by atoms with E-state index in [2.05, 4.69) is 18.7 Å². The minimum Gasteiger partial charge on any atom is -0.508 e. The minimum atomic E-state index is -3.21. The van der Waals surface area contributed by atoms with E-state index in [-0.39, 0.29) is 5.54 Å². The molecule has 0 radical (unpaired) electrons. The zero-order valence-electron chi connectivity index (χ0n) is 15.9. The second kappa shape index (κ2) is 6.71. The lowest BCUT2D eigenvalue weighted by molar-refractivity contribution is 0.109. The molecule has 0 aliphatic carbocycles. The van der Waals surface area contributed by atoms with Crippen LogP contribution in [0.5, 0.6) is 5.75 Å². The number of rotatable bonds is 5. The van der Waals surface area contributed by atoms with Crippen LogP contribution >= 0.6 is 0 Å². The van der Waals surface area contributed by atoms with E-state index in [1.165, 1.54) is 11.8 Å². The van der Waals surface area contributed by atoms with E-state index in [9.17, 15) is 13.5 Å². The van der Waals surface area contributed by atoms with Gasteiger partial charge in [-0.2, -0.15) is 0 Å². The summed E-state index contributed by atoms with van der Waals surface area (Å²) in [5.74, 6) is 0.330. The van der Waals surface area contributed by atoms with Gasteiger partial charge in [-0.15, -0.1) is 0 Å². The molecule has 4 nitrogen and oxygen atoms in total. The molecule has 0 saturated carbocycles. The average Bonchev–Trinajstić information content (AvgIpc) is 3.00. The molecule has 26 heavy (non-hydrogen) atoms. The molecule has 3 rings (SSSR count). The van der Waals surface area contributed by atoms with E-state index in [4.69, 9.17) is 0 Å². The number of hydrogen-bond acceptors (Lipinski definition) is 4. The molecule has 0 saturated heterocycles. The molecule has 1 heterocycles. The lowest BCUT2D eigenvalue weighted by atomic mass is 9.93. The topological polar surface area (TPSA) is 57.6 Å². The first-order valence-corrected chi connectivity index (χ1v) is 10.8. The standard InChI is InChI=1S/C21H27NO3S/c1-15-12-16(8-9-19(15)23)10-11-21(2,3)22-13-17-6-5-7-20(18(17)14-22)26(4,24)25/h5-9,12,23H,10-11,13-14H2,1-4H3. The van der Waals surface area contributed by atoms with Crippen LogP contribution in [0.15, 0.2) is 41.3 Å². The number of aryl methyl sites for hydroxylation is 2. The summed E-state index contributed by atoms with van der Waals surface area (Å²) in [6.07, 6.45) is 3.16. The second-order valence-electron chi connectivity index (χ2n) is 7.96. The van der Waals surface area contributed by atoms with Gasteiger partial charge in [0.1, 0.15) is 5.75 Å². The van der Waals surface area contributed by atoms with E-state index in [0.717, 1.165) is 36.1 Å². The Kier molecular flexibility index (Phi) is 4.88. The van der Waals surface area contributed by atoms with Gasteiger partial charge in [0.15, 0.2) is 9.84 Å². The van der Waals surface area contributed by atoms with Crippen LogP contribution in [0.3, 0.4) is 0 Å². The van der Waals surface area contributed by atoms with Gasteiger partial charge in [-0.1, -0.05) is 24.3 Å². The number of hydrogen-bond donors (Lipinski definition) is 1. The van der Waals surface area contributed by atoms with Gasteiger partial charge >= 0.3 is 0 Å². The number of fused-ring (bicyclic) bond motifs is 1. The molecule has 2 aromatic carbocycles. The SMILES string of the molecule is Cc1cc(CCC(C)(C)N2Cc3cccc(S(C)(=O)=O)c3C2)ccc1O. The van der Waals surface area contributed by atoms with Gasteiger partial charge in [0.25, 0.3) is 0 Å². The molecule has 0 bridgehead atoms. The third-order valence-corrected chi connectivity index (χ3v) is 6.66. The average molecular weight is 374 g/mol. The molecule has 1 aliphatic heterocycles. The van der Waals surface area contributed by atoms with E-state index in [0.29, 0.717) is 17.2 Å². The Morgan fingerprint density at radius 3 is 2.54 bits per heavy atom. The zero-order chi connectivity index (χ0) is 19.1. The number of aromatic hydroxyl groups is 1. The minimum absolute atomic E-state index is 0.0560. The van der Waals surface area contributed by atoms with Crippen molar-refractivity contribution < 1.29 is 13.5 Å². The fourth-order valence-electron chi connectivity index (χ4n) is 3.65. The number of phenols is 1. The van der Waals surface area contributed by atoms with Crippen molar-refractivity contribution in [1.29, 1.82) is 0 Å². The van der Waals surface area contributed by atoms with Crippen LogP contribution in [0, 0.1) is 6.92 Å². The third-order valence-electron chi connectivity index (χ3n) is 5.48. The third kappa shape index (κ3) is 3.79. The molecule has 2 aromatic rings. The van der Waals surface area contributed by atoms with Crippen molar-refractivity contribution in [3.8, 4) is 5.75 Å². The second-order valence-corrected chi connectivity index (χ2v) is 9.94. The van der Waals surface area contributed by atoms with Crippen molar-refractivity contribution in [3.05, 3.63) is 58.7 Å². The van der Waals surface area contributed by atoms with Gasteiger partial charge in [-0.05, 0) is 68.0 Å². The molecular formula is C21H27NO3S. The largest absolute Gasteiger partial charge is 0.508 e. The first kappa shape index (κ1) is 18.9. The van der Waals surface area contributed by atoms with Crippen molar-refractivity contribution >= 4 is 9.84 Å². The van der Waals surface area contributed by atoms with E-state index in [1.54, 1.807) is 12.1 Å². The Balaban J connectivity index is 1.75. The highest BCUT2D eigenvalue weighted by atomic mass is 32.2. The first-order chi connectivity index (χ1) is 12.1. The Labute approximate surface area is 156 Å². The maximum atomic E-state index is 12.1. The monoisotopic (exact) mass is 373 g/mol. The Hall–Kier alpha value is -1.85. The Morgan fingerprint density at radius 2 is 1.88 bits per heavy atom. The van der Waals surface area contributed by atoms with Crippen molar-refractivity contribution in [2.75, 3.05) is 6.26 Å². The number of sulfone groups is 1. The van der Waals surface area contributed by atoms with Crippen LogP contribution in [0.25, 0.3) is 0 Å². The fourth-order valence-corrected chi connectivity index (χ4v) is 4.62. The number of benzene rings is 2. The van der Waals surface area contributed by atoms with Crippen LogP contribution in [-0.2, 0) is 29.3 Å². The van der Waals surface area contributed by atoms with Crippen molar-refractivity contribution in [2.24, 2.45) is 0 Å². The number of phenolic OH excluding ortho intramolecular Hbond substituents is 1. The molecule has 0 aromatic heterocycles. The van der Waals surface area contributed by atoms with E-state index < -0.39 is 9.84 Å². The summed E-state index contributed by atoms with van der Waals surface area (Å²) in [6.45, 7) is 7.78. The van der Waals surface area contributed by atoms with Gasteiger partial charge in [0.05, 0.1) is 4.90 Å². The summed E-state index contributed by atoms with van der Waals surface area (Å²) in [7, 11) is -3.21. The lowest BCUT2D eigenvalue weighted by Gasteiger charge is -2.35. The number of nitrogens with zero attached hydrogens (tertiary/aromatic N) is 1. The predicted octanol–water partition coefficient (Wildman–Crippen LogP) is 3.83. The predicted molar refractivity (Wildman–Crippen MR) is 104 cm³/mol. The van der Waals surface area contributed by atoms with Crippen molar-refractivity contribution in [3.63, 3.8) is 0 Å². The van der Waals surface area contributed by atoms with Gasteiger partial charge < -0.3 is 5.11 Å². The lowest BCUT2D eigenvalue weighted by Crippen LogP contribution is -2.40. The molecule has 5 heteroatoms. The van der Waals surface area contributed by atoms with Crippen molar-refractivity contribution in [2.45, 2.75) is 57.1 Å². The quantitative estimate of drug-likeness (QED) is 0.865. The molecular weight excluding hydrogens is 346 g/mol. The van der Waals surface area contributed by atoms with Crippen LogP contribution in [0.2, 0.25) is 0 Å². The van der Waals surface area contributed by atoms with Gasteiger partial charge in [-0.3, -0.25) is 4.90 Å². The maximum absolute atomic E-state index is 12.1. The maximum Gasteiger partial charge on any atom is 0.175 e. The molecule has 1 aliphatic rings. The van der Waals surface area contributed by atoms with Gasteiger partial charge in [0, 0.05) is 24.9 Å². The van der Waals surface area contributed by atoms with Gasteiger partial charge in [-0.25, -0.2) is 8.42 Å². The first-order valence-electron chi connectivity index (χ1n) is 8.92. The Morgan fingerprint density at radius 1 is 1.15 bits per heavy atom. The van der Waals surface area contributed by atoms with Crippen LogP contribution in [-0.4, -0.2) is 30.2 Å². The normalized spacial score (nSPS) is 15.2. The zero-order valence-corrected chi connectivity index (χ0v) is 16.7. The summed E-state index contributed by atoms with van der Waals surface area (Å²) >= 11 is 0. The van der Waals surface area contributed by atoms with Crippen LogP contribution < -0.4 is 0 Å². The smallest absolute Gasteiger partial charge is 0.175 e. The molecule has 1 N–H and O–H groups in total. The van der Waals surface area contributed by atoms with E-state index >= 15 is 0 Å². The molecule has 0 fully saturated rings. The fraction of sp³-hybridized carbons (Fsp3) is 0.429. The highest BCUT2D eigenvalue weighted by molar-refractivity contribution is 7.90. The molecule has 0 atom stereocenters. The highest BCUT2D eigenvalue weighted by Crippen LogP contribution is 2.35. The summed E-state index contributed by atoms with van der Waals surface area (Å²) in [6, 6.07) is 11.3. The summed E-state index contributed by atoms with van der Waals surface area (Å²) < 4.78 is 24.2. The summed E-state index contributed by atoms with van der Waals surface area (Å²) in [5.41, 5.74) is 4.11. The molecule has 0 spiro atoms. The molecule has 0 amide bonds. The molecule has 140 valence electrons. The summed E-state index contributed by atoms with van der Waals surface area (Å²) in [4.78, 5) is 2.82. The highest BCUT2D eigenvalue weighted by Gasteiger charge is 2.33. The van der Waals surface area contributed by atoms with Crippen LogP contribution in [0.4, 0.5) is 0 Å². The Bertz CT molecular complexity index is 932. The van der Waals surface area contributed by atoms with Crippen LogP contribution in [0.1, 0.15) is 42.5 Å².